The van der Waals surface area contributed by atoms with Crippen LogP contribution in [-0.2, 0) is 16.1 Å². The number of anilines is 1. The summed E-state index contributed by atoms with van der Waals surface area (Å²) in [6.07, 6.45) is 1.53. The number of carbonyl (C=O) groups excluding carboxylic acids is 2. The summed E-state index contributed by atoms with van der Waals surface area (Å²) in [5, 5.41) is 9.05. The molecule has 1 aliphatic rings. The lowest BCUT2D eigenvalue weighted by atomic mass is 9.95. The van der Waals surface area contributed by atoms with Gasteiger partial charge < -0.3 is 9.64 Å². The Labute approximate surface area is 153 Å². The normalized spacial score (nSPS) is 14.7. The Bertz CT molecular complexity index is 756. The van der Waals surface area contributed by atoms with Gasteiger partial charge in [-0.05, 0) is 26.2 Å². The highest BCUT2D eigenvalue weighted by Gasteiger charge is 2.36. The van der Waals surface area contributed by atoms with Crippen LogP contribution in [0, 0.1) is 16.7 Å². The van der Waals surface area contributed by atoms with Crippen LogP contribution in [0.5, 0.6) is 0 Å². The minimum Gasteiger partial charge on any atom is -0.459 e. The minimum atomic E-state index is -0.621. The highest BCUT2D eigenvalue weighted by Crippen LogP contribution is 2.29. The summed E-state index contributed by atoms with van der Waals surface area (Å²) >= 11 is 0. The van der Waals surface area contributed by atoms with Crippen molar-refractivity contribution in [3.8, 4) is 6.07 Å². The third-order valence-electron chi connectivity index (χ3n) is 3.43. The number of amides is 2. The Morgan fingerprint density at radius 1 is 1.31 bits per heavy atom. The van der Waals surface area contributed by atoms with Crippen LogP contribution in [0.4, 0.5) is 10.6 Å². The third kappa shape index (κ3) is 4.91. The van der Waals surface area contributed by atoms with Crippen LogP contribution in [0.15, 0.2) is 6.20 Å². The fourth-order valence-corrected chi connectivity index (χ4v) is 2.60. The van der Waals surface area contributed by atoms with Crippen molar-refractivity contribution in [3.05, 3.63) is 17.6 Å². The summed E-state index contributed by atoms with van der Waals surface area (Å²) in [6, 6.07) is 1.56. The first-order valence-corrected chi connectivity index (χ1v) is 8.44. The summed E-state index contributed by atoms with van der Waals surface area (Å²) in [4.78, 5) is 36.3. The Morgan fingerprint density at radius 2 is 1.96 bits per heavy atom. The molecular formula is C18H25N5O3. The average molecular weight is 359 g/mol. The highest BCUT2D eigenvalue weighted by molar-refractivity contribution is 5.95. The molecule has 0 saturated carbocycles. The standard InChI is InChI=1S/C18H25N5O3/c1-17(2,3)11-23-15-12(8-20-13(7-19)21-15)9-22(16(23)25)10-14(24)26-18(4,5)6/h8H,9-11H2,1-6H3. The Morgan fingerprint density at radius 3 is 2.50 bits per heavy atom. The van der Waals surface area contributed by atoms with E-state index in [9.17, 15) is 9.59 Å². The van der Waals surface area contributed by atoms with Gasteiger partial charge in [-0.1, -0.05) is 20.8 Å². The number of nitriles is 1. The van der Waals surface area contributed by atoms with Gasteiger partial charge in [0.2, 0.25) is 5.82 Å². The zero-order valence-electron chi connectivity index (χ0n) is 16.2. The van der Waals surface area contributed by atoms with E-state index < -0.39 is 11.6 Å². The second-order valence-corrected chi connectivity index (χ2v) is 8.53. The van der Waals surface area contributed by atoms with E-state index in [1.54, 1.807) is 20.8 Å². The molecule has 0 N–H and O–H groups in total. The molecule has 2 rings (SSSR count). The van der Waals surface area contributed by atoms with Gasteiger partial charge in [-0.25, -0.2) is 14.8 Å². The van der Waals surface area contributed by atoms with E-state index in [0.29, 0.717) is 17.9 Å². The molecule has 2 heterocycles. The fourth-order valence-electron chi connectivity index (χ4n) is 2.60. The van der Waals surface area contributed by atoms with Crippen LogP contribution in [0.2, 0.25) is 0 Å². The molecule has 1 aromatic heterocycles. The molecule has 2 amide bonds. The SMILES string of the molecule is CC(C)(C)CN1C(=O)N(CC(=O)OC(C)(C)C)Cc2cnc(C#N)nc21. The van der Waals surface area contributed by atoms with Crippen molar-refractivity contribution in [1.29, 1.82) is 5.26 Å². The molecule has 0 fully saturated rings. The summed E-state index contributed by atoms with van der Waals surface area (Å²) in [5.41, 5.74) is -0.125. The molecule has 1 aromatic rings. The van der Waals surface area contributed by atoms with Crippen LogP contribution in [0.1, 0.15) is 52.9 Å². The van der Waals surface area contributed by atoms with Gasteiger partial charge in [0.25, 0.3) is 0 Å². The van der Waals surface area contributed by atoms with E-state index in [-0.39, 0.29) is 30.4 Å². The van der Waals surface area contributed by atoms with Gasteiger partial charge in [0.15, 0.2) is 0 Å². The van der Waals surface area contributed by atoms with Gasteiger partial charge in [0.1, 0.15) is 24.0 Å². The molecule has 0 unspecified atom stereocenters. The van der Waals surface area contributed by atoms with E-state index in [0.717, 1.165) is 0 Å². The second-order valence-electron chi connectivity index (χ2n) is 8.53. The van der Waals surface area contributed by atoms with Crippen LogP contribution >= 0.6 is 0 Å². The van der Waals surface area contributed by atoms with Crippen LogP contribution in [-0.4, -0.2) is 45.6 Å². The number of urea groups is 1. The van der Waals surface area contributed by atoms with Gasteiger partial charge in [0.05, 0.1) is 6.54 Å². The Kier molecular flexibility index (Phi) is 5.21. The number of esters is 1. The molecule has 8 nitrogen and oxygen atoms in total. The van der Waals surface area contributed by atoms with E-state index in [4.69, 9.17) is 10.00 Å². The smallest absolute Gasteiger partial charge is 0.326 e. The van der Waals surface area contributed by atoms with Crippen molar-refractivity contribution in [2.45, 2.75) is 53.7 Å². The molecule has 0 radical (unpaired) electrons. The van der Waals surface area contributed by atoms with E-state index in [1.807, 2.05) is 26.8 Å². The molecule has 140 valence electrons. The second kappa shape index (κ2) is 6.90. The quantitative estimate of drug-likeness (QED) is 0.769. The molecule has 26 heavy (non-hydrogen) atoms. The van der Waals surface area contributed by atoms with Gasteiger partial charge in [-0.3, -0.25) is 9.69 Å². The predicted octanol–water partition coefficient (Wildman–Crippen LogP) is 2.48. The van der Waals surface area contributed by atoms with Crippen LogP contribution in [0.3, 0.4) is 0 Å². The van der Waals surface area contributed by atoms with Crippen molar-refractivity contribution in [3.63, 3.8) is 0 Å². The van der Waals surface area contributed by atoms with E-state index in [1.165, 1.54) is 16.0 Å². The number of fused-ring (bicyclic) bond motifs is 1. The number of nitrogens with zero attached hydrogens (tertiary/aromatic N) is 5. The molecule has 0 bridgehead atoms. The number of aromatic nitrogens is 2. The topological polar surface area (TPSA) is 99.4 Å². The van der Waals surface area contributed by atoms with Crippen molar-refractivity contribution in [2.24, 2.45) is 5.41 Å². The summed E-state index contributed by atoms with van der Waals surface area (Å²) < 4.78 is 5.32. The van der Waals surface area contributed by atoms with E-state index in [2.05, 4.69) is 9.97 Å². The molecule has 8 heteroatoms. The lowest BCUT2D eigenvalue weighted by molar-refractivity contribution is -0.155. The molecule has 0 atom stereocenters. The van der Waals surface area contributed by atoms with E-state index >= 15 is 0 Å². The van der Waals surface area contributed by atoms with Crippen LogP contribution in [0.25, 0.3) is 0 Å². The van der Waals surface area contributed by atoms with Gasteiger partial charge in [-0.2, -0.15) is 5.26 Å². The van der Waals surface area contributed by atoms with Crippen molar-refractivity contribution in [1.82, 2.24) is 14.9 Å². The molecule has 1 aliphatic heterocycles. The Hall–Kier alpha value is -2.69. The fraction of sp³-hybridized carbons (Fsp3) is 0.611. The van der Waals surface area contributed by atoms with Crippen molar-refractivity contribution >= 4 is 17.8 Å². The maximum absolute atomic E-state index is 13.0. The molecular weight excluding hydrogens is 334 g/mol. The number of ether oxygens (including phenoxy) is 1. The molecule has 0 spiro atoms. The van der Waals surface area contributed by atoms with Gasteiger partial charge in [-0.15, -0.1) is 0 Å². The lowest BCUT2D eigenvalue weighted by Crippen LogP contribution is -2.52. The largest absolute Gasteiger partial charge is 0.459 e. The number of hydrogen-bond donors (Lipinski definition) is 0. The molecule has 0 aromatic carbocycles. The first-order valence-electron chi connectivity index (χ1n) is 8.44. The lowest BCUT2D eigenvalue weighted by Gasteiger charge is -2.38. The average Bonchev–Trinajstić information content (AvgIpc) is 2.48. The minimum absolute atomic E-state index is 0.0102. The zero-order valence-corrected chi connectivity index (χ0v) is 16.2. The maximum atomic E-state index is 13.0. The van der Waals surface area contributed by atoms with Gasteiger partial charge >= 0.3 is 12.0 Å². The van der Waals surface area contributed by atoms with Crippen LogP contribution < -0.4 is 4.90 Å². The number of carbonyl (C=O) groups is 2. The van der Waals surface area contributed by atoms with Gasteiger partial charge in [0, 0.05) is 18.3 Å². The molecule has 0 aliphatic carbocycles. The third-order valence-corrected chi connectivity index (χ3v) is 3.43. The first-order chi connectivity index (χ1) is 11.9. The number of rotatable bonds is 3. The highest BCUT2D eigenvalue weighted by atomic mass is 16.6. The predicted molar refractivity (Wildman–Crippen MR) is 95.2 cm³/mol. The summed E-state index contributed by atoms with van der Waals surface area (Å²) in [5.74, 6) is -0.0347. The summed E-state index contributed by atoms with van der Waals surface area (Å²) in [7, 11) is 0. The monoisotopic (exact) mass is 359 g/mol. The van der Waals surface area contributed by atoms with Crippen molar-refractivity contribution < 1.29 is 14.3 Å². The Balaban J connectivity index is 2.33. The first kappa shape index (κ1) is 19.6. The maximum Gasteiger partial charge on any atom is 0.326 e. The number of hydrogen-bond acceptors (Lipinski definition) is 6. The van der Waals surface area contributed by atoms with Crippen molar-refractivity contribution in [2.75, 3.05) is 18.0 Å². The molecule has 0 saturated heterocycles. The summed E-state index contributed by atoms with van der Waals surface area (Å²) in [6.45, 7) is 11.8. The zero-order chi connectivity index (χ0) is 19.7.